The van der Waals surface area contributed by atoms with Crippen LogP contribution in [0.4, 0.5) is 0 Å². The summed E-state index contributed by atoms with van der Waals surface area (Å²) in [6, 6.07) is 9.67. The van der Waals surface area contributed by atoms with Crippen LogP contribution in [0.3, 0.4) is 0 Å². The van der Waals surface area contributed by atoms with Crippen LogP contribution in [0.2, 0.25) is 5.02 Å². The van der Waals surface area contributed by atoms with Crippen LogP contribution in [0.5, 0.6) is 11.5 Å². The van der Waals surface area contributed by atoms with E-state index in [0.717, 1.165) is 10.9 Å². The normalized spacial score (nSPS) is 17.7. The van der Waals surface area contributed by atoms with Crippen molar-refractivity contribution in [1.82, 2.24) is 9.88 Å². The van der Waals surface area contributed by atoms with Gasteiger partial charge < -0.3 is 29.2 Å². The van der Waals surface area contributed by atoms with Gasteiger partial charge in [0.25, 0.3) is 11.7 Å². The molecule has 0 bridgehead atoms. The zero-order valence-corrected chi connectivity index (χ0v) is 19.1. The number of aromatic amines is 1. The van der Waals surface area contributed by atoms with E-state index in [-0.39, 0.29) is 40.8 Å². The van der Waals surface area contributed by atoms with Crippen molar-refractivity contribution in [3.8, 4) is 11.5 Å². The lowest BCUT2D eigenvalue weighted by atomic mass is 9.94. The molecule has 1 aromatic heterocycles. The number of Topliss-reactive ketones (excluding diaryl/α,β-unsaturated/α-hetero) is 1. The number of H-pyrrole nitrogens is 1. The molecule has 3 aromatic rings. The molecule has 9 heteroatoms. The first kappa shape index (κ1) is 22.7. The highest BCUT2D eigenvalue weighted by molar-refractivity contribution is 6.46. The summed E-state index contributed by atoms with van der Waals surface area (Å²) in [6.45, 7) is 0.395. The van der Waals surface area contributed by atoms with Gasteiger partial charge in [-0.15, -0.1) is 0 Å². The Morgan fingerprint density at radius 2 is 1.85 bits per heavy atom. The molecule has 0 radical (unpaired) electrons. The fraction of sp³-hybridized carbons (Fsp3) is 0.250. The number of amides is 1. The number of ketones is 1. The quantitative estimate of drug-likeness (QED) is 0.308. The van der Waals surface area contributed by atoms with Gasteiger partial charge in [0.15, 0.2) is 0 Å². The molecule has 33 heavy (non-hydrogen) atoms. The number of benzene rings is 2. The summed E-state index contributed by atoms with van der Waals surface area (Å²) in [5, 5.41) is 12.4. The van der Waals surface area contributed by atoms with Crippen molar-refractivity contribution in [2.75, 3.05) is 34.5 Å². The first-order chi connectivity index (χ1) is 15.9. The summed E-state index contributed by atoms with van der Waals surface area (Å²) in [5.41, 5.74) is 1.65. The highest BCUT2D eigenvalue weighted by Gasteiger charge is 2.47. The molecule has 4 rings (SSSR count). The lowest BCUT2D eigenvalue weighted by molar-refractivity contribution is -0.140. The van der Waals surface area contributed by atoms with E-state index in [1.165, 1.54) is 38.4 Å². The van der Waals surface area contributed by atoms with Crippen molar-refractivity contribution in [1.29, 1.82) is 0 Å². The Kier molecular flexibility index (Phi) is 6.31. The number of ether oxygens (including phenoxy) is 3. The van der Waals surface area contributed by atoms with Crippen LogP contribution in [0, 0.1) is 0 Å². The monoisotopic (exact) mass is 470 g/mol. The Hall–Kier alpha value is -3.49. The fourth-order valence-corrected chi connectivity index (χ4v) is 4.37. The minimum Gasteiger partial charge on any atom is -0.507 e. The largest absolute Gasteiger partial charge is 0.507 e. The van der Waals surface area contributed by atoms with Gasteiger partial charge in [-0.3, -0.25) is 9.59 Å². The molecular weight excluding hydrogens is 448 g/mol. The second kappa shape index (κ2) is 9.17. The molecule has 1 fully saturated rings. The van der Waals surface area contributed by atoms with Crippen molar-refractivity contribution in [2.24, 2.45) is 0 Å². The van der Waals surface area contributed by atoms with E-state index < -0.39 is 17.7 Å². The fourth-order valence-electron chi connectivity index (χ4n) is 4.13. The number of aromatic nitrogens is 1. The summed E-state index contributed by atoms with van der Waals surface area (Å²) in [7, 11) is 4.40. The molecule has 2 N–H and O–H groups in total. The summed E-state index contributed by atoms with van der Waals surface area (Å²) in [4.78, 5) is 30.8. The number of aliphatic hydroxyl groups is 1. The number of hydrogen-bond acceptors (Lipinski definition) is 6. The number of para-hydroxylation sites is 1. The number of fused-ring (bicyclic) bond motifs is 1. The zero-order valence-electron chi connectivity index (χ0n) is 18.3. The second-order valence-corrected chi connectivity index (χ2v) is 7.87. The highest BCUT2D eigenvalue weighted by atomic mass is 35.5. The molecule has 1 amide bonds. The molecule has 172 valence electrons. The van der Waals surface area contributed by atoms with Gasteiger partial charge in [0.05, 0.1) is 43.0 Å². The van der Waals surface area contributed by atoms with Crippen molar-refractivity contribution in [3.05, 3.63) is 64.3 Å². The molecular formula is C24H23ClN2O6. The molecule has 1 atom stereocenters. The Labute approximate surface area is 195 Å². The zero-order chi connectivity index (χ0) is 23.7. The van der Waals surface area contributed by atoms with Crippen molar-refractivity contribution in [3.63, 3.8) is 0 Å². The maximum absolute atomic E-state index is 13.2. The minimum absolute atomic E-state index is 0.0552. The number of rotatable bonds is 7. The molecule has 2 aromatic carbocycles. The number of halogens is 1. The van der Waals surface area contributed by atoms with Crippen LogP contribution in [0.25, 0.3) is 16.7 Å². The van der Waals surface area contributed by atoms with E-state index in [2.05, 4.69) is 4.98 Å². The first-order valence-corrected chi connectivity index (χ1v) is 10.6. The molecule has 1 unspecified atom stereocenters. The lowest BCUT2D eigenvalue weighted by Gasteiger charge is -2.24. The summed E-state index contributed by atoms with van der Waals surface area (Å²) < 4.78 is 15.8. The maximum atomic E-state index is 13.2. The van der Waals surface area contributed by atoms with Crippen LogP contribution in [-0.2, 0) is 14.3 Å². The van der Waals surface area contributed by atoms with Crippen LogP contribution >= 0.6 is 11.6 Å². The number of nitrogens with zero attached hydrogens (tertiary/aromatic N) is 1. The van der Waals surface area contributed by atoms with E-state index >= 15 is 0 Å². The smallest absolute Gasteiger partial charge is 0.295 e. The molecule has 1 aliphatic rings. The van der Waals surface area contributed by atoms with Gasteiger partial charge >= 0.3 is 0 Å². The first-order valence-electron chi connectivity index (χ1n) is 10.2. The molecule has 1 aliphatic heterocycles. The highest BCUT2D eigenvalue weighted by Crippen LogP contribution is 2.44. The molecule has 8 nitrogen and oxygen atoms in total. The van der Waals surface area contributed by atoms with E-state index in [1.54, 1.807) is 6.20 Å². The van der Waals surface area contributed by atoms with Crippen molar-refractivity contribution in [2.45, 2.75) is 6.04 Å². The third kappa shape index (κ3) is 3.81. The Bertz CT molecular complexity index is 1270. The molecule has 0 aliphatic carbocycles. The Balaban J connectivity index is 1.96. The number of nitrogens with one attached hydrogen (secondary N) is 1. The molecule has 0 saturated carbocycles. The molecule has 1 saturated heterocycles. The second-order valence-electron chi connectivity index (χ2n) is 7.46. The van der Waals surface area contributed by atoms with Crippen LogP contribution in [0.15, 0.2) is 48.2 Å². The van der Waals surface area contributed by atoms with E-state index in [0.29, 0.717) is 11.3 Å². The maximum Gasteiger partial charge on any atom is 0.295 e. The molecule has 2 heterocycles. The van der Waals surface area contributed by atoms with Gasteiger partial charge in [0, 0.05) is 42.4 Å². The van der Waals surface area contributed by atoms with Gasteiger partial charge in [0.1, 0.15) is 17.3 Å². The topological polar surface area (TPSA) is 101 Å². The number of hydrogen-bond donors (Lipinski definition) is 2. The number of aliphatic hydroxyl groups excluding tert-OH is 1. The summed E-state index contributed by atoms with van der Waals surface area (Å²) in [5.74, 6) is -1.31. The predicted molar refractivity (Wildman–Crippen MR) is 124 cm³/mol. The van der Waals surface area contributed by atoms with Gasteiger partial charge in [-0.25, -0.2) is 0 Å². The summed E-state index contributed by atoms with van der Waals surface area (Å²) >= 11 is 6.29. The number of likely N-dealkylation sites (tertiary alicyclic amines) is 1. The third-order valence-electron chi connectivity index (χ3n) is 5.72. The van der Waals surface area contributed by atoms with Crippen molar-refractivity contribution >= 4 is 40.0 Å². The van der Waals surface area contributed by atoms with Gasteiger partial charge in [-0.1, -0.05) is 29.8 Å². The molecule has 0 spiro atoms. The van der Waals surface area contributed by atoms with Crippen LogP contribution in [-0.4, -0.2) is 61.2 Å². The summed E-state index contributed by atoms with van der Waals surface area (Å²) in [6.07, 6.45) is 1.74. The van der Waals surface area contributed by atoms with Crippen LogP contribution < -0.4 is 9.47 Å². The van der Waals surface area contributed by atoms with Crippen LogP contribution in [0.1, 0.15) is 17.2 Å². The van der Waals surface area contributed by atoms with E-state index in [4.69, 9.17) is 25.8 Å². The Morgan fingerprint density at radius 1 is 1.12 bits per heavy atom. The number of carbonyl (C=O) groups is 2. The van der Waals surface area contributed by atoms with Gasteiger partial charge in [-0.2, -0.15) is 0 Å². The number of methoxy groups -OCH3 is 3. The average Bonchev–Trinajstić information content (AvgIpc) is 3.35. The average molecular weight is 471 g/mol. The van der Waals surface area contributed by atoms with Crippen molar-refractivity contribution < 1.29 is 28.9 Å². The minimum atomic E-state index is -0.832. The standard InChI is InChI=1S/C24H23ClN2O6/c1-31-9-8-27-21(15-12-26-17-7-5-4-6-13(15)17)20(23(29)24(27)30)22(28)14-10-16(25)19(33-3)11-18(14)32-2/h4-7,10-12,21,26,28H,8-9H2,1-3H3/b22-20+. The lowest BCUT2D eigenvalue weighted by Crippen LogP contribution is -2.32. The van der Waals surface area contributed by atoms with Gasteiger partial charge in [-0.05, 0) is 12.1 Å². The SMILES string of the molecule is COCCN1C(=O)C(=O)/C(=C(/O)c2cc(Cl)c(OC)cc2OC)C1c1c[nH]c2ccccc12. The van der Waals surface area contributed by atoms with E-state index in [9.17, 15) is 14.7 Å². The number of carbonyl (C=O) groups excluding carboxylic acids is 2. The Morgan fingerprint density at radius 3 is 2.55 bits per heavy atom. The third-order valence-corrected chi connectivity index (χ3v) is 6.02. The van der Waals surface area contributed by atoms with E-state index in [1.807, 2.05) is 24.3 Å². The van der Waals surface area contributed by atoms with Gasteiger partial charge in [0.2, 0.25) is 0 Å². The predicted octanol–water partition coefficient (Wildman–Crippen LogP) is 3.91.